The average molecular weight is 422 g/mol. The molecule has 1 aromatic carbocycles. The number of alkyl halides is 2. The number of aromatic nitrogens is 2. The number of benzene rings is 1. The molecule has 0 aliphatic heterocycles. The molecule has 3 rings (SSSR count). The third-order valence-corrected chi connectivity index (χ3v) is 5.09. The number of hydrogen-bond acceptors (Lipinski definition) is 4. The molecule has 0 aliphatic carbocycles. The molecule has 2 N–H and O–H groups in total. The van der Waals surface area contributed by atoms with Gasteiger partial charge >= 0.3 is 12.3 Å². The minimum Gasteiger partial charge on any atom is -0.267 e. The monoisotopic (exact) mass is 422 g/mol. The number of carbonyl (C=O) groups is 2. The molecule has 3 aromatic rings. The van der Waals surface area contributed by atoms with Crippen molar-refractivity contribution < 1.29 is 22.8 Å². The predicted molar refractivity (Wildman–Crippen MR) is 102 cm³/mol. The van der Waals surface area contributed by atoms with Gasteiger partial charge in [0.05, 0.1) is 16.8 Å². The number of aryl methyl sites for hydroxylation is 1. The summed E-state index contributed by atoms with van der Waals surface area (Å²) in [5.41, 5.74) is 5.09. The van der Waals surface area contributed by atoms with Gasteiger partial charge in [0.15, 0.2) is 0 Å². The van der Waals surface area contributed by atoms with Gasteiger partial charge in [-0.05, 0) is 18.1 Å². The first kappa shape index (κ1) is 20.7. The highest BCUT2D eigenvalue weighted by Gasteiger charge is 2.23. The molecule has 0 saturated carbocycles. The van der Waals surface area contributed by atoms with E-state index in [1.807, 2.05) is 35.8 Å². The van der Waals surface area contributed by atoms with Crippen LogP contribution >= 0.6 is 11.8 Å². The molecule has 10 heteroatoms. The lowest BCUT2D eigenvalue weighted by Crippen LogP contribution is -2.44. The van der Waals surface area contributed by atoms with Crippen LogP contribution in [0.4, 0.5) is 13.2 Å². The van der Waals surface area contributed by atoms with Crippen molar-refractivity contribution in [2.24, 2.45) is 0 Å². The summed E-state index contributed by atoms with van der Waals surface area (Å²) in [5.74, 6) is -2.56. The van der Waals surface area contributed by atoms with Crippen LogP contribution in [0.1, 0.15) is 28.5 Å². The van der Waals surface area contributed by atoms with Crippen molar-refractivity contribution in [1.82, 2.24) is 20.5 Å². The van der Waals surface area contributed by atoms with Gasteiger partial charge in [-0.15, -0.1) is 11.8 Å². The SMILES string of the molecule is CCc1nn2c(F)cc(SCc3ccccc3)cc2c1C(=O)NNC(=O)C(F)F. The lowest BCUT2D eigenvalue weighted by molar-refractivity contribution is -0.132. The lowest BCUT2D eigenvalue weighted by atomic mass is 10.1. The van der Waals surface area contributed by atoms with Crippen molar-refractivity contribution in [2.45, 2.75) is 30.4 Å². The van der Waals surface area contributed by atoms with Crippen LogP contribution in [0, 0.1) is 5.95 Å². The zero-order chi connectivity index (χ0) is 21.0. The molecule has 0 radical (unpaired) electrons. The molecule has 2 amide bonds. The van der Waals surface area contributed by atoms with Gasteiger partial charge < -0.3 is 0 Å². The number of halogens is 3. The van der Waals surface area contributed by atoms with E-state index in [9.17, 15) is 22.8 Å². The first-order valence-corrected chi connectivity index (χ1v) is 9.65. The zero-order valence-electron chi connectivity index (χ0n) is 15.3. The van der Waals surface area contributed by atoms with E-state index in [0.29, 0.717) is 17.1 Å². The maximum Gasteiger partial charge on any atom is 0.317 e. The van der Waals surface area contributed by atoms with Crippen molar-refractivity contribution in [2.75, 3.05) is 0 Å². The molecule has 6 nitrogen and oxygen atoms in total. The molecular weight excluding hydrogens is 405 g/mol. The number of carbonyl (C=O) groups excluding carboxylic acids is 2. The molecule has 0 unspecified atom stereocenters. The fourth-order valence-electron chi connectivity index (χ4n) is 2.68. The summed E-state index contributed by atoms with van der Waals surface area (Å²) in [5, 5.41) is 4.08. The molecular formula is C19H17F3N4O2S. The van der Waals surface area contributed by atoms with Gasteiger partial charge in [-0.3, -0.25) is 20.4 Å². The molecule has 0 bridgehead atoms. The number of hydrogen-bond donors (Lipinski definition) is 2. The topological polar surface area (TPSA) is 75.5 Å². The Balaban J connectivity index is 1.90. The first-order chi connectivity index (χ1) is 13.9. The van der Waals surface area contributed by atoms with Gasteiger partial charge in [-0.2, -0.15) is 18.3 Å². The highest BCUT2D eigenvalue weighted by atomic mass is 32.2. The third kappa shape index (κ3) is 4.70. The summed E-state index contributed by atoms with van der Waals surface area (Å²) in [4.78, 5) is 24.1. The summed E-state index contributed by atoms with van der Waals surface area (Å²) >= 11 is 1.38. The fraction of sp³-hybridized carbons (Fsp3) is 0.211. The third-order valence-electron chi connectivity index (χ3n) is 4.04. The molecule has 0 fully saturated rings. The van der Waals surface area contributed by atoms with Crippen LogP contribution in [0.25, 0.3) is 5.52 Å². The van der Waals surface area contributed by atoms with E-state index in [4.69, 9.17) is 0 Å². The van der Waals surface area contributed by atoms with Gasteiger partial charge in [0.1, 0.15) is 0 Å². The van der Waals surface area contributed by atoms with Crippen LogP contribution in [0.15, 0.2) is 47.4 Å². The number of thioether (sulfide) groups is 1. The van der Waals surface area contributed by atoms with Gasteiger partial charge in [-0.1, -0.05) is 37.3 Å². The zero-order valence-corrected chi connectivity index (χ0v) is 16.1. The van der Waals surface area contributed by atoms with Gasteiger partial charge in [0.25, 0.3) is 5.91 Å². The number of rotatable bonds is 6. The molecule has 0 atom stereocenters. The van der Waals surface area contributed by atoms with Crippen molar-refractivity contribution in [3.05, 3.63) is 65.2 Å². The van der Waals surface area contributed by atoms with E-state index in [-0.39, 0.29) is 16.8 Å². The summed E-state index contributed by atoms with van der Waals surface area (Å²) in [7, 11) is 0. The number of hydrazine groups is 1. The van der Waals surface area contributed by atoms with E-state index in [0.717, 1.165) is 10.1 Å². The van der Waals surface area contributed by atoms with E-state index in [2.05, 4.69) is 5.10 Å². The maximum absolute atomic E-state index is 14.6. The van der Waals surface area contributed by atoms with E-state index in [1.165, 1.54) is 17.8 Å². The second-order valence-electron chi connectivity index (χ2n) is 6.00. The Morgan fingerprint density at radius 3 is 2.55 bits per heavy atom. The standard InChI is InChI=1S/C19H17F3N4O2S/c1-2-13-16(18(27)23-24-19(28)17(21)22)14-8-12(9-15(20)26(14)25-13)29-10-11-6-4-3-5-7-11/h3-9,17H,2,10H2,1H3,(H,23,27)(H,24,28). The molecule has 2 aromatic heterocycles. The van der Waals surface area contributed by atoms with Crippen molar-refractivity contribution in [3.8, 4) is 0 Å². The van der Waals surface area contributed by atoms with E-state index in [1.54, 1.807) is 18.4 Å². The Kier molecular flexibility index (Phi) is 6.42. The number of amides is 2. The summed E-state index contributed by atoms with van der Waals surface area (Å²) < 4.78 is 40.2. The van der Waals surface area contributed by atoms with E-state index < -0.39 is 24.2 Å². The number of nitrogens with zero attached hydrogens (tertiary/aromatic N) is 2. The van der Waals surface area contributed by atoms with Crippen LogP contribution in [0.2, 0.25) is 0 Å². The Morgan fingerprint density at radius 1 is 1.17 bits per heavy atom. The normalized spacial score (nSPS) is 11.1. The van der Waals surface area contributed by atoms with Crippen LogP contribution in [-0.2, 0) is 17.0 Å². The van der Waals surface area contributed by atoms with Crippen LogP contribution in [-0.4, -0.2) is 27.9 Å². The molecule has 152 valence electrons. The quantitative estimate of drug-likeness (QED) is 0.363. The minimum absolute atomic E-state index is 0.0168. The smallest absolute Gasteiger partial charge is 0.267 e. The van der Waals surface area contributed by atoms with Gasteiger partial charge in [0.2, 0.25) is 5.95 Å². The highest BCUT2D eigenvalue weighted by molar-refractivity contribution is 7.98. The summed E-state index contributed by atoms with van der Waals surface area (Å²) in [6.07, 6.45) is -2.97. The molecule has 0 aliphatic rings. The van der Waals surface area contributed by atoms with Crippen molar-refractivity contribution >= 4 is 29.1 Å². The fourth-order valence-corrected chi connectivity index (χ4v) is 3.59. The lowest BCUT2D eigenvalue weighted by Gasteiger charge is -2.08. The Labute approximate surface area is 168 Å². The maximum atomic E-state index is 14.6. The number of pyridine rings is 1. The van der Waals surface area contributed by atoms with Crippen LogP contribution in [0.3, 0.4) is 0 Å². The van der Waals surface area contributed by atoms with Crippen molar-refractivity contribution in [1.29, 1.82) is 0 Å². The van der Waals surface area contributed by atoms with Gasteiger partial charge in [0, 0.05) is 16.7 Å². The Morgan fingerprint density at radius 2 is 1.90 bits per heavy atom. The summed E-state index contributed by atoms with van der Waals surface area (Å²) in [6.45, 7) is 1.72. The van der Waals surface area contributed by atoms with Crippen molar-refractivity contribution in [3.63, 3.8) is 0 Å². The van der Waals surface area contributed by atoms with Gasteiger partial charge in [-0.25, -0.2) is 4.52 Å². The Bertz CT molecular complexity index is 1040. The van der Waals surface area contributed by atoms with Crippen LogP contribution < -0.4 is 10.9 Å². The first-order valence-electron chi connectivity index (χ1n) is 8.67. The minimum atomic E-state index is -3.27. The summed E-state index contributed by atoms with van der Waals surface area (Å²) in [6, 6.07) is 12.5. The van der Waals surface area contributed by atoms with Crippen LogP contribution in [0.5, 0.6) is 0 Å². The molecule has 29 heavy (non-hydrogen) atoms. The second-order valence-corrected chi connectivity index (χ2v) is 7.05. The second kappa shape index (κ2) is 8.99. The molecule has 0 saturated heterocycles. The Hall–Kier alpha value is -3.01. The van der Waals surface area contributed by atoms with E-state index >= 15 is 0 Å². The largest absolute Gasteiger partial charge is 0.317 e. The molecule has 0 spiro atoms. The molecule has 2 heterocycles. The number of fused-ring (bicyclic) bond motifs is 1. The number of nitrogens with one attached hydrogen (secondary N) is 2. The average Bonchev–Trinajstić information content (AvgIpc) is 3.10. The highest BCUT2D eigenvalue weighted by Crippen LogP contribution is 2.27. The predicted octanol–water partition coefficient (Wildman–Crippen LogP) is 3.35.